The van der Waals surface area contributed by atoms with Crippen LogP contribution in [0.4, 0.5) is 8.78 Å². The number of fused-ring (bicyclic) bond motifs is 2. The summed E-state index contributed by atoms with van der Waals surface area (Å²) in [5, 5.41) is 10.5. The van der Waals surface area contributed by atoms with Gasteiger partial charge in [-0.05, 0) is 50.5 Å². The van der Waals surface area contributed by atoms with Crippen LogP contribution in [0.25, 0.3) is 0 Å². The number of ether oxygens (including phenoxy) is 3. The number of aliphatic hydroxyl groups is 1. The summed E-state index contributed by atoms with van der Waals surface area (Å²) in [7, 11) is 1.42. The van der Waals surface area contributed by atoms with E-state index in [2.05, 4.69) is 0 Å². The first-order chi connectivity index (χ1) is 11.7. The van der Waals surface area contributed by atoms with E-state index in [9.17, 15) is 13.9 Å². The molecule has 1 saturated carbocycles. The fourth-order valence-electron chi connectivity index (χ4n) is 4.34. The van der Waals surface area contributed by atoms with Crippen LogP contribution in [-0.2, 0) is 4.74 Å². The number of methoxy groups -OCH3 is 1. The normalized spacial score (nSPS) is 34.0. The van der Waals surface area contributed by atoms with Crippen LogP contribution in [0.5, 0.6) is 11.5 Å². The molecule has 3 rings (SSSR count). The first kappa shape index (κ1) is 18.4. The molecule has 1 heterocycles. The van der Waals surface area contributed by atoms with Crippen LogP contribution in [0.2, 0.25) is 0 Å². The summed E-state index contributed by atoms with van der Waals surface area (Å²) < 4.78 is 42.3. The van der Waals surface area contributed by atoms with Crippen molar-refractivity contribution >= 4 is 0 Å². The monoisotopic (exact) mass is 356 g/mol. The predicted molar refractivity (Wildman–Crippen MR) is 88.9 cm³/mol. The molecule has 0 amide bonds. The molecule has 1 aromatic carbocycles. The molecule has 0 spiro atoms. The van der Waals surface area contributed by atoms with Crippen LogP contribution < -0.4 is 9.47 Å². The molecule has 1 N–H and O–H groups in total. The van der Waals surface area contributed by atoms with E-state index in [1.54, 1.807) is 18.2 Å². The van der Waals surface area contributed by atoms with Gasteiger partial charge >= 0.3 is 6.61 Å². The van der Waals surface area contributed by atoms with Crippen molar-refractivity contribution in [2.45, 2.75) is 58.0 Å². The Bertz CT molecular complexity index is 619. The highest BCUT2D eigenvalue weighted by molar-refractivity contribution is 5.48. The third-order valence-corrected chi connectivity index (χ3v) is 5.91. The van der Waals surface area contributed by atoms with Gasteiger partial charge in [0.05, 0.1) is 24.9 Å². The molecule has 2 bridgehead atoms. The Morgan fingerprint density at radius 2 is 2.00 bits per heavy atom. The van der Waals surface area contributed by atoms with Gasteiger partial charge in [0.2, 0.25) is 0 Å². The molecule has 5 atom stereocenters. The average Bonchev–Trinajstić information content (AvgIpc) is 2.54. The Morgan fingerprint density at radius 1 is 1.28 bits per heavy atom. The number of halogens is 2. The maximum atomic E-state index is 13.0. The van der Waals surface area contributed by atoms with Gasteiger partial charge in [-0.2, -0.15) is 8.78 Å². The molecule has 6 heteroatoms. The molecule has 140 valence electrons. The second kappa shape index (κ2) is 6.72. The Balaban J connectivity index is 2.05. The zero-order valence-corrected chi connectivity index (χ0v) is 15.0. The van der Waals surface area contributed by atoms with Crippen molar-refractivity contribution in [2.24, 2.45) is 17.8 Å². The average molecular weight is 356 g/mol. The first-order valence-corrected chi connectivity index (χ1v) is 8.72. The lowest BCUT2D eigenvalue weighted by Gasteiger charge is -2.53. The van der Waals surface area contributed by atoms with Gasteiger partial charge < -0.3 is 19.3 Å². The van der Waals surface area contributed by atoms with Crippen molar-refractivity contribution in [3.8, 4) is 11.5 Å². The minimum absolute atomic E-state index is 0.0166. The maximum Gasteiger partial charge on any atom is 0.387 e. The van der Waals surface area contributed by atoms with Crippen LogP contribution in [0, 0.1) is 17.8 Å². The van der Waals surface area contributed by atoms with Crippen molar-refractivity contribution in [1.29, 1.82) is 0 Å². The highest BCUT2D eigenvalue weighted by Gasteiger charge is 2.51. The third-order valence-electron chi connectivity index (χ3n) is 5.91. The molecule has 1 aliphatic heterocycles. The van der Waals surface area contributed by atoms with Crippen molar-refractivity contribution in [1.82, 2.24) is 0 Å². The number of aliphatic hydroxyl groups excluding tert-OH is 1. The van der Waals surface area contributed by atoms with Gasteiger partial charge in [-0.15, -0.1) is 0 Å². The summed E-state index contributed by atoms with van der Waals surface area (Å²) in [5.41, 5.74) is 0.102. The highest BCUT2D eigenvalue weighted by atomic mass is 19.3. The number of benzene rings is 1. The van der Waals surface area contributed by atoms with Crippen LogP contribution >= 0.6 is 0 Å². The Hall–Kier alpha value is -1.40. The van der Waals surface area contributed by atoms with Crippen molar-refractivity contribution < 1.29 is 28.1 Å². The number of alkyl halides is 2. The van der Waals surface area contributed by atoms with Crippen molar-refractivity contribution in [3.63, 3.8) is 0 Å². The number of hydrogen-bond acceptors (Lipinski definition) is 4. The lowest BCUT2D eigenvalue weighted by atomic mass is 9.63. The van der Waals surface area contributed by atoms with E-state index >= 15 is 0 Å². The molecule has 4 nitrogen and oxygen atoms in total. The standard InChI is InChI=1S/C19H26F2O4/c1-10-13-8-11(9-14(10)22)19(2,3)25-16(13)12-6-5-7-15(23-4)17(12)24-18(20)21/h5-7,10-11,13-14,16,18,22H,8-9H2,1-4H3/t10-,11?,13?,14-,16-/m0/s1. The molecule has 1 aliphatic carbocycles. The predicted octanol–water partition coefficient (Wildman–Crippen LogP) is 4.17. The van der Waals surface area contributed by atoms with Gasteiger partial charge in [0, 0.05) is 5.56 Å². The maximum absolute atomic E-state index is 13.0. The molecule has 2 aliphatic rings. The zero-order chi connectivity index (χ0) is 18.4. The van der Waals surface area contributed by atoms with E-state index in [-0.39, 0.29) is 29.3 Å². The summed E-state index contributed by atoms with van der Waals surface area (Å²) in [4.78, 5) is 0. The molecule has 1 aromatic rings. The van der Waals surface area contributed by atoms with E-state index in [4.69, 9.17) is 14.2 Å². The number of para-hydroxylation sites is 1. The highest BCUT2D eigenvalue weighted by Crippen LogP contribution is 2.55. The molecule has 0 aromatic heterocycles. The smallest absolute Gasteiger partial charge is 0.387 e. The van der Waals surface area contributed by atoms with Gasteiger partial charge in [-0.1, -0.05) is 19.1 Å². The van der Waals surface area contributed by atoms with Crippen LogP contribution in [-0.4, -0.2) is 30.5 Å². The van der Waals surface area contributed by atoms with Gasteiger partial charge in [0.25, 0.3) is 0 Å². The van der Waals surface area contributed by atoms with Crippen LogP contribution in [0.1, 0.15) is 45.3 Å². The zero-order valence-electron chi connectivity index (χ0n) is 15.0. The van der Waals surface area contributed by atoms with Gasteiger partial charge in [0.1, 0.15) is 0 Å². The fraction of sp³-hybridized carbons (Fsp3) is 0.684. The molecule has 2 unspecified atom stereocenters. The number of hydrogen-bond donors (Lipinski definition) is 1. The van der Waals surface area contributed by atoms with E-state index in [1.165, 1.54) is 7.11 Å². The Morgan fingerprint density at radius 3 is 2.64 bits per heavy atom. The summed E-state index contributed by atoms with van der Waals surface area (Å²) in [6.07, 6.45) is 0.747. The van der Waals surface area contributed by atoms with Crippen LogP contribution in [0.3, 0.4) is 0 Å². The molecule has 2 fully saturated rings. The van der Waals surface area contributed by atoms with E-state index in [0.717, 1.165) is 6.42 Å². The Kier molecular flexibility index (Phi) is 4.95. The van der Waals surface area contributed by atoms with E-state index in [1.807, 2.05) is 20.8 Å². The topological polar surface area (TPSA) is 47.9 Å². The van der Waals surface area contributed by atoms with Crippen LogP contribution in [0.15, 0.2) is 18.2 Å². The largest absolute Gasteiger partial charge is 0.493 e. The summed E-state index contributed by atoms with van der Waals surface area (Å²) >= 11 is 0. The molecule has 1 saturated heterocycles. The van der Waals surface area contributed by atoms with Crippen molar-refractivity contribution in [3.05, 3.63) is 23.8 Å². The Labute approximate surface area is 147 Å². The summed E-state index contributed by atoms with van der Waals surface area (Å²) in [6.45, 7) is 3.04. The second-order valence-electron chi connectivity index (χ2n) is 7.66. The third kappa shape index (κ3) is 3.34. The summed E-state index contributed by atoms with van der Waals surface area (Å²) in [6, 6.07) is 5.09. The van der Waals surface area contributed by atoms with E-state index < -0.39 is 24.4 Å². The molecular weight excluding hydrogens is 330 g/mol. The minimum Gasteiger partial charge on any atom is -0.493 e. The lowest BCUT2D eigenvalue weighted by Crippen LogP contribution is -2.52. The second-order valence-corrected chi connectivity index (χ2v) is 7.66. The lowest BCUT2D eigenvalue weighted by molar-refractivity contribution is -0.216. The minimum atomic E-state index is -2.95. The van der Waals surface area contributed by atoms with Gasteiger partial charge in [-0.3, -0.25) is 0 Å². The van der Waals surface area contributed by atoms with Crippen molar-refractivity contribution in [2.75, 3.05) is 7.11 Å². The number of rotatable bonds is 4. The first-order valence-electron chi connectivity index (χ1n) is 8.72. The molecule has 0 radical (unpaired) electrons. The molecular formula is C19H26F2O4. The summed E-state index contributed by atoms with van der Waals surface area (Å²) in [5.74, 6) is 0.568. The van der Waals surface area contributed by atoms with Gasteiger partial charge in [-0.25, -0.2) is 0 Å². The SMILES string of the molecule is COc1cccc([C@@H]2OC(C)(C)C3CC2[C@H](C)[C@@H](O)C3)c1OC(F)F. The van der Waals surface area contributed by atoms with Gasteiger partial charge in [0.15, 0.2) is 11.5 Å². The van der Waals surface area contributed by atoms with E-state index in [0.29, 0.717) is 12.0 Å². The molecule has 25 heavy (non-hydrogen) atoms. The fourth-order valence-corrected chi connectivity index (χ4v) is 4.34. The quantitative estimate of drug-likeness (QED) is 0.880.